The molecule has 1 saturated carbocycles. The molecule has 1 fully saturated rings. The molecule has 3 rings (SSSR count). The van der Waals surface area contributed by atoms with Crippen molar-refractivity contribution in [2.45, 2.75) is 43.9 Å². The van der Waals surface area contributed by atoms with Crippen molar-refractivity contribution in [1.29, 1.82) is 0 Å². The molecule has 2 aromatic heterocycles. The number of anilines is 1. The van der Waals surface area contributed by atoms with Gasteiger partial charge in [0.1, 0.15) is 12.1 Å². The van der Waals surface area contributed by atoms with Crippen molar-refractivity contribution in [3.05, 3.63) is 17.3 Å². The number of rotatable bonds is 3. The Balaban J connectivity index is 1.81. The number of aromatic nitrogens is 2. The molecule has 0 saturated heterocycles. The highest BCUT2D eigenvalue weighted by Gasteiger charge is 2.22. The smallest absolute Gasteiger partial charge is 0.147 e. The molecule has 2 unspecified atom stereocenters. The minimum absolute atomic E-state index is 0.562. The SMILES string of the molecule is CSC1CCCC(Nc2ncnc3c(C)csc23)C1. The van der Waals surface area contributed by atoms with Crippen LogP contribution in [0.2, 0.25) is 0 Å². The molecule has 19 heavy (non-hydrogen) atoms. The third-order valence-electron chi connectivity index (χ3n) is 3.83. The van der Waals surface area contributed by atoms with Gasteiger partial charge in [-0.3, -0.25) is 0 Å². The van der Waals surface area contributed by atoms with E-state index in [0.717, 1.165) is 16.6 Å². The zero-order valence-corrected chi connectivity index (χ0v) is 13.0. The third-order valence-corrected chi connectivity index (χ3v) is 6.02. The zero-order chi connectivity index (χ0) is 13.2. The van der Waals surface area contributed by atoms with Crippen molar-refractivity contribution in [2.75, 3.05) is 11.6 Å². The van der Waals surface area contributed by atoms with E-state index in [1.165, 1.54) is 35.9 Å². The Morgan fingerprint density at radius 2 is 2.26 bits per heavy atom. The largest absolute Gasteiger partial charge is 0.366 e. The summed E-state index contributed by atoms with van der Waals surface area (Å²) >= 11 is 3.74. The lowest BCUT2D eigenvalue weighted by molar-refractivity contribution is 0.473. The Morgan fingerprint density at radius 1 is 1.37 bits per heavy atom. The summed E-state index contributed by atoms with van der Waals surface area (Å²) in [5.41, 5.74) is 2.34. The van der Waals surface area contributed by atoms with Gasteiger partial charge >= 0.3 is 0 Å². The summed E-state index contributed by atoms with van der Waals surface area (Å²) in [5.74, 6) is 1.02. The molecule has 0 bridgehead atoms. The van der Waals surface area contributed by atoms with Crippen LogP contribution in [-0.2, 0) is 0 Å². The second-order valence-corrected chi connectivity index (χ2v) is 7.20. The molecule has 1 aliphatic carbocycles. The van der Waals surface area contributed by atoms with Crippen molar-refractivity contribution < 1.29 is 0 Å². The van der Waals surface area contributed by atoms with Crippen molar-refractivity contribution in [3.8, 4) is 0 Å². The molecule has 2 aromatic rings. The lowest BCUT2D eigenvalue weighted by Crippen LogP contribution is -2.28. The van der Waals surface area contributed by atoms with Crippen molar-refractivity contribution in [3.63, 3.8) is 0 Å². The van der Waals surface area contributed by atoms with Crippen molar-refractivity contribution in [1.82, 2.24) is 9.97 Å². The van der Waals surface area contributed by atoms with Gasteiger partial charge in [0.2, 0.25) is 0 Å². The Hall–Kier alpha value is -0.810. The first-order chi connectivity index (χ1) is 9.28. The predicted molar refractivity (Wildman–Crippen MR) is 85.3 cm³/mol. The van der Waals surface area contributed by atoms with E-state index in [9.17, 15) is 0 Å². The molecule has 1 N–H and O–H groups in total. The number of thioether (sulfide) groups is 1. The highest BCUT2D eigenvalue weighted by molar-refractivity contribution is 7.99. The van der Waals surface area contributed by atoms with Gasteiger partial charge < -0.3 is 5.32 Å². The van der Waals surface area contributed by atoms with Crippen LogP contribution in [0.3, 0.4) is 0 Å². The fourth-order valence-corrected chi connectivity index (χ4v) is 4.54. The standard InChI is InChI=1S/C14H19N3S2/c1-9-7-19-13-12(9)15-8-16-14(13)17-10-4-3-5-11(6-10)18-2/h7-8,10-11H,3-6H2,1-2H3,(H,15,16,17). The van der Waals surface area contributed by atoms with E-state index in [0.29, 0.717) is 6.04 Å². The van der Waals surface area contributed by atoms with Crippen molar-refractivity contribution >= 4 is 39.1 Å². The second kappa shape index (κ2) is 5.67. The van der Waals surface area contributed by atoms with Gasteiger partial charge in [0.15, 0.2) is 0 Å². The maximum Gasteiger partial charge on any atom is 0.147 e. The maximum absolute atomic E-state index is 4.45. The zero-order valence-electron chi connectivity index (χ0n) is 11.3. The van der Waals surface area contributed by atoms with Crippen LogP contribution in [0, 0.1) is 6.92 Å². The minimum atomic E-state index is 0.562. The summed E-state index contributed by atoms with van der Waals surface area (Å²) in [4.78, 5) is 8.83. The van der Waals surface area contributed by atoms with Gasteiger partial charge in [-0.15, -0.1) is 11.3 Å². The molecule has 2 heterocycles. The van der Waals surface area contributed by atoms with Crippen LogP contribution < -0.4 is 5.32 Å². The van der Waals surface area contributed by atoms with Crippen LogP contribution in [0.5, 0.6) is 0 Å². The molecule has 0 radical (unpaired) electrons. The number of hydrogen-bond acceptors (Lipinski definition) is 5. The van der Waals surface area contributed by atoms with E-state index in [2.05, 4.69) is 33.8 Å². The van der Waals surface area contributed by atoms with Crippen LogP contribution in [-0.4, -0.2) is 27.5 Å². The van der Waals surface area contributed by atoms with Crippen LogP contribution in [0.4, 0.5) is 5.82 Å². The number of nitrogens with one attached hydrogen (secondary N) is 1. The van der Waals surface area contributed by atoms with Gasteiger partial charge in [-0.05, 0) is 43.4 Å². The van der Waals surface area contributed by atoms with E-state index in [1.807, 2.05) is 11.8 Å². The summed E-state index contributed by atoms with van der Waals surface area (Å²) in [5, 5.41) is 6.61. The number of hydrogen-bond donors (Lipinski definition) is 1. The highest BCUT2D eigenvalue weighted by Crippen LogP contribution is 2.32. The maximum atomic E-state index is 4.45. The highest BCUT2D eigenvalue weighted by atomic mass is 32.2. The molecule has 3 nitrogen and oxygen atoms in total. The monoisotopic (exact) mass is 293 g/mol. The lowest BCUT2D eigenvalue weighted by Gasteiger charge is -2.29. The first kappa shape index (κ1) is 13.2. The Labute approximate surface area is 122 Å². The molecule has 0 spiro atoms. The Kier molecular flexibility index (Phi) is 3.93. The summed E-state index contributed by atoms with van der Waals surface area (Å²) in [6.07, 6.45) is 9.08. The summed E-state index contributed by atoms with van der Waals surface area (Å²) < 4.78 is 1.20. The van der Waals surface area contributed by atoms with Gasteiger partial charge in [-0.2, -0.15) is 11.8 Å². The summed E-state index contributed by atoms with van der Waals surface area (Å²) in [7, 11) is 0. The van der Waals surface area contributed by atoms with Crippen LogP contribution in [0.25, 0.3) is 10.2 Å². The van der Waals surface area contributed by atoms with Crippen molar-refractivity contribution in [2.24, 2.45) is 0 Å². The van der Waals surface area contributed by atoms with Gasteiger partial charge in [-0.25, -0.2) is 9.97 Å². The summed E-state index contributed by atoms with van der Waals surface area (Å²) in [6, 6.07) is 0.562. The van der Waals surface area contributed by atoms with E-state index in [4.69, 9.17) is 0 Å². The van der Waals surface area contributed by atoms with Crippen LogP contribution >= 0.6 is 23.1 Å². The first-order valence-electron chi connectivity index (χ1n) is 6.76. The molecule has 0 aromatic carbocycles. The average molecular weight is 293 g/mol. The van der Waals surface area contributed by atoms with Crippen LogP contribution in [0.15, 0.2) is 11.7 Å². The molecule has 1 aliphatic rings. The quantitative estimate of drug-likeness (QED) is 0.925. The summed E-state index contributed by atoms with van der Waals surface area (Å²) in [6.45, 7) is 2.11. The van der Waals surface area contributed by atoms with Gasteiger partial charge in [0.05, 0.1) is 10.2 Å². The molecule has 2 atom stereocenters. The average Bonchev–Trinajstić information content (AvgIpc) is 2.82. The predicted octanol–water partition coefficient (Wildman–Crippen LogP) is 4.09. The Morgan fingerprint density at radius 3 is 3.11 bits per heavy atom. The topological polar surface area (TPSA) is 37.8 Å². The van der Waals surface area contributed by atoms with E-state index < -0.39 is 0 Å². The number of thiophene rings is 1. The fourth-order valence-electron chi connectivity index (χ4n) is 2.76. The fraction of sp³-hybridized carbons (Fsp3) is 0.571. The molecular weight excluding hydrogens is 274 g/mol. The first-order valence-corrected chi connectivity index (χ1v) is 8.93. The second-order valence-electron chi connectivity index (χ2n) is 5.18. The molecular formula is C14H19N3S2. The molecule has 0 aliphatic heterocycles. The Bertz CT molecular complexity index is 567. The normalized spacial score (nSPS) is 23.7. The van der Waals surface area contributed by atoms with E-state index in [-0.39, 0.29) is 0 Å². The van der Waals surface area contributed by atoms with Gasteiger partial charge in [0, 0.05) is 11.3 Å². The van der Waals surface area contributed by atoms with Gasteiger partial charge in [-0.1, -0.05) is 6.42 Å². The minimum Gasteiger partial charge on any atom is -0.366 e. The number of aryl methyl sites for hydroxylation is 1. The lowest BCUT2D eigenvalue weighted by atomic mass is 9.95. The number of fused-ring (bicyclic) bond motifs is 1. The molecule has 0 amide bonds. The number of nitrogens with zero attached hydrogens (tertiary/aromatic N) is 2. The van der Waals surface area contributed by atoms with Crippen LogP contribution in [0.1, 0.15) is 31.2 Å². The molecule has 5 heteroatoms. The molecule has 102 valence electrons. The van der Waals surface area contributed by atoms with Gasteiger partial charge in [0.25, 0.3) is 0 Å². The van der Waals surface area contributed by atoms with E-state index >= 15 is 0 Å². The third kappa shape index (κ3) is 2.72. The van der Waals surface area contributed by atoms with E-state index in [1.54, 1.807) is 17.7 Å².